The van der Waals surface area contributed by atoms with E-state index in [0.29, 0.717) is 24.2 Å². The number of likely N-dealkylation sites (tertiary alicyclic amines) is 1. The van der Waals surface area contributed by atoms with Gasteiger partial charge in [0.15, 0.2) is 0 Å². The Hall–Kier alpha value is -2.77. The van der Waals surface area contributed by atoms with Crippen LogP contribution in [0.5, 0.6) is 0 Å². The molecule has 0 spiro atoms. The van der Waals surface area contributed by atoms with Crippen LogP contribution >= 0.6 is 0 Å². The number of amidine groups is 1. The van der Waals surface area contributed by atoms with Gasteiger partial charge in [-0.3, -0.25) is 9.69 Å². The molecular weight excluding hydrogens is 359 g/mol. The van der Waals surface area contributed by atoms with Crippen LogP contribution < -0.4 is 5.32 Å². The van der Waals surface area contributed by atoms with E-state index in [9.17, 15) is 14.3 Å². The molecule has 0 bridgehead atoms. The third kappa shape index (κ3) is 2.96. The molecule has 4 aliphatic heterocycles. The minimum Gasteiger partial charge on any atom is -0.392 e. The molecule has 0 radical (unpaired) electrons. The zero-order chi connectivity index (χ0) is 19.3. The first-order valence-electron chi connectivity index (χ1n) is 9.56. The van der Waals surface area contributed by atoms with E-state index in [2.05, 4.69) is 27.3 Å². The van der Waals surface area contributed by atoms with Crippen molar-refractivity contribution in [2.75, 3.05) is 19.6 Å². The number of benzene rings is 1. The minimum atomic E-state index is -0.555. The van der Waals surface area contributed by atoms with Crippen LogP contribution in [0, 0.1) is 0 Å². The first kappa shape index (κ1) is 17.3. The monoisotopic (exact) mass is 380 g/mol. The summed E-state index contributed by atoms with van der Waals surface area (Å²) in [5.41, 5.74) is 3.95. The van der Waals surface area contributed by atoms with Gasteiger partial charge in [0.05, 0.1) is 17.4 Å². The van der Waals surface area contributed by atoms with Gasteiger partial charge in [-0.15, -0.1) is 0 Å². The molecule has 4 heterocycles. The number of aliphatic hydroxyl groups is 1. The summed E-state index contributed by atoms with van der Waals surface area (Å²) in [4.78, 5) is 20.5. The number of hydrogen-bond acceptors (Lipinski definition) is 5. The maximum atomic E-state index is 14.4. The van der Waals surface area contributed by atoms with Crippen molar-refractivity contribution >= 4 is 11.7 Å². The van der Waals surface area contributed by atoms with E-state index in [1.165, 1.54) is 11.8 Å². The fourth-order valence-electron chi connectivity index (χ4n) is 4.27. The standard InChI is InChI=1S/C21H21FN4O2/c22-17-9-19(28)24-18-6-8-26-20(18)16(17)10-23-21(26)14-3-1-13(2-4-14)11-25-7-5-15(27)12-25/h1-4,9-10,15,27H,5-8,11-12H2,(H,24,28). The number of allylic oxidation sites excluding steroid dienone is 1. The Kier molecular flexibility index (Phi) is 4.14. The summed E-state index contributed by atoms with van der Waals surface area (Å²) in [5, 5.41) is 12.5. The van der Waals surface area contributed by atoms with Crippen molar-refractivity contribution in [3.8, 4) is 0 Å². The number of carbonyl (C=O) groups is 1. The number of rotatable bonds is 3. The fourth-order valence-corrected chi connectivity index (χ4v) is 4.27. The normalized spacial score (nSPS) is 24.5. The number of hydrogen-bond donors (Lipinski definition) is 2. The third-order valence-electron chi connectivity index (χ3n) is 5.62. The molecule has 1 amide bonds. The predicted octanol–water partition coefficient (Wildman–Crippen LogP) is 1.80. The molecule has 1 unspecified atom stereocenters. The van der Waals surface area contributed by atoms with Gasteiger partial charge in [0.1, 0.15) is 11.7 Å². The molecule has 7 heteroatoms. The maximum absolute atomic E-state index is 14.4. The SMILES string of the molecule is O=C1C=C(F)C2=CN=C(c3ccc(CN4CCC(O)C4)cc3)N3CCC(=C23)N1. The molecule has 4 aliphatic rings. The minimum absolute atomic E-state index is 0.219. The lowest BCUT2D eigenvalue weighted by atomic mass is 10.1. The Morgan fingerprint density at radius 2 is 2.07 bits per heavy atom. The first-order chi connectivity index (χ1) is 13.6. The summed E-state index contributed by atoms with van der Waals surface area (Å²) in [6.07, 6.45) is 3.75. The van der Waals surface area contributed by atoms with Crippen molar-refractivity contribution in [1.29, 1.82) is 0 Å². The summed E-state index contributed by atoms with van der Waals surface area (Å²) in [6, 6.07) is 8.20. The summed E-state index contributed by atoms with van der Waals surface area (Å²) in [7, 11) is 0. The number of aliphatic imine (C=N–C) groups is 1. The van der Waals surface area contributed by atoms with E-state index in [-0.39, 0.29) is 6.10 Å². The van der Waals surface area contributed by atoms with Crippen molar-refractivity contribution in [1.82, 2.24) is 15.1 Å². The molecule has 28 heavy (non-hydrogen) atoms. The second kappa shape index (κ2) is 6.68. The molecule has 1 aromatic rings. The second-order valence-corrected chi connectivity index (χ2v) is 7.58. The van der Waals surface area contributed by atoms with Crippen LogP contribution in [0.3, 0.4) is 0 Å². The quantitative estimate of drug-likeness (QED) is 0.839. The predicted molar refractivity (Wildman–Crippen MR) is 103 cm³/mol. The van der Waals surface area contributed by atoms with Gasteiger partial charge in [-0.05, 0) is 12.0 Å². The molecule has 0 aromatic heterocycles. The highest BCUT2D eigenvalue weighted by molar-refractivity contribution is 6.03. The van der Waals surface area contributed by atoms with Gasteiger partial charge in [-0.2, -0.15) is 0 Å². The lowest BCUT2D eigenvalue weighted by Crippen LogP contribution is -2.32. The van der Waals surface area contributed by atoms with Crippen LogP contribution in [-0.4, -0.2) is 52.4 Å². The van der Waals surface area contributed by atoms with Gasteiger partial charge in [0.25, 0.3) is 5.91 Å². The average molecular weight is 380 g/mol. The smallest absolute Gasteiger partial charge is 0.251 e. The molecule has 144 valence electrons. The Labute approximate surface area is 162 Å². The molecular formula is C21H21FN4O2. The van der Waals surface area contributed by atoms with Crippen molar-refractivity contribution in [2.45, 2.75) is 25.5 Å². The van der Waals surface area contributed by atoms with E-state index < -0.39 is 11.7 Å². The van der Waals surface area contributed by atoms with E-state index in [4.69, 9.17) is 0 Å². The molecule has 0 saturated carbocycles. The largest absolute Gasteiger partial charge is 0.392 e. The van der Waals surface area contributed by atoms with E-state index in [1.54, 1.807) is 0 Å². The number of aliphatic hydroxyl groups excluding tert-OH is 1. The average Bonchev–Trinajstić information content (AvgIpc) is 3.25. The number of carbonyl (C=O) groups excluding carboxylic acids is 1. The van der Waals surface area contributed by atoms with Crippen LogP contribution in [0.25, 0.3) is 0 Å². The van der Waals surface area contributed by atoms with Crippen LogP contribution in [0.4, 0.5) is 4.39 Å². The Balaban J connectivity index is 1.42. The molecule has 1 aromatic carbocycles. The van der Waals surface area contributed by atoms with E-state index in [0.717, 1.165) is 49.2 Å². The molecule has 1 fully saturated rings. The number of β-amino-alcohol motifs (C(OH)–C–C–N with tert-alkyl or cyclic N) is 1. The van der Waals surface area contributed by atoms with Gasteiger partial charge >= 0.3 is 0 Å². The van der Waals surface area contributed by atoms with E-state index in [1.807, 2.05) is 17.0 Å². The molecule has 1 saturated heterocycles. The highest BCUT2D eigenvalue weighted by Gasteiger charge is 2.35. The zero-order valence-electron chi connectivity index (χ0n) is 15.4. The molecule has 1 atom stereocenters. The van der Waals surface area contributed by atoms with Gasteiger partial charge in [-0.1, -0.05) is 24.3 Å². The van der Waals surface area contributed by atoms with Crippen molar-refractivity contribution in [3.63, 3.8) is 0 Å². The molecule has 0 aliphatic carbocycles. The highest BCUT2D eigenvalue weighted by atomic mass is 19.1. The van der Waals surface area contributed by atoms with Crippen LogP contribution in [0.1, 0.15) is 24.0 Å². The van der Waals surface area contributed by atoms with Gasteiger partial charge in [0.2, 0.25) is 0 Å². The summed E-state index contributed by atoms with van der Waals surface area (Å²) in [5.74, 6) is -0.226. The number of nitrogens with zero attached hydrogens (tertiary/aromatic N) is 3. The zero-order valence-corrected chi connectivity index (χ0v) is 15.4. The summed E-state index contributed by atoms with van der Waals surface area (Å²) >= 11 is 0. The van der Waals surface area contributed by atoms with Crippen LogP contribution in [0.2, 0.25) is 0 Å². The van der Waals surface area contributed by atoms with Crippen LogP contribution in [-0.2, 0) is 11.3 Å². The maximum Gasteiger partial charge on any atom is 0.251 e. The Morgan fingerprint density at radius 1 is 1.25 bits per heavy atom. The highest BCUT2D eigenvalue weighted by Crippen LogP contribution is 2.37. The lowest BCUT2D eigenvalue weighted by Gasteiger charge is -2.28. The molecule has 6 nitrogen and oxygen atoms in total. The number of amides is 1. The molecule has 2 N–H and O–H groups in total. The second-order valence-electron chi connectivity index (χ2n) is 7.58. The third-order valence-corrected chi connectivity index (χ3v) is 5.62. The fraction of sp³-hybridized carbons (Fsp3) is 0.333. The van der Waals surface area contributed by atoms with Gasteiger partial charge < -0.3 is 15.3 Å². The summed E-state index contributed by atoms with van der Waals surface area (Å²) in [6.45, 7) is 3.10. The van der Waals surface area contributed by atoms with Crippen molar-refractivity contribution < 1.29 is 14.3 Å². The number of nitrogens with one attached hydrogen (secondary N) is 1. The van der Waals surface area contributed by atoms with Crippen molar-refractivity contribution in [3.05, 3.63) is 70.5 Å². The Bertz CT molecular complexity index is 961. The topological polar surface area (TPSA) is 68.2 Å². The lowest BCUT2D eigenvalue weighted by molar-refractivity contribution is -0.115. The Morgan fingerprint density at radius 3 is 2.82 bits per heavy atom. The van der Waals surface area contributed by atoms with Crippen molar-refractivity contribution in [2.24, 2.45) is 4.99 Å². The van der Waals surface area contributed by atoms with E-state index >= 15 is 0 Å². The number of halogens is 1. The first-order valence-corrected chi connectivity index (χ1v) is 9.56. The molecule has 5 rings (SSSR count). The van der Waals surface area contributed by atoms with Crippen LogP contribution in [0.15, 0.2) is 64.3 Å². The van der Waals surface area contributed by atoms with Gasteiger partial charge in [0, 0.05) is 56.1 Å². The van der Waals surface area contributed by atoms with Gasteiger partial charge in [-0.25, -0.2) is 9.38 Å². The summed E-state index contributed by atoms with van der Waals surface area (Å²) < 4.78 is 14.4.